The summed E-state index contributed by atoms with van der Waals surface area (Å²) in [5.74, 6) is -0.402. The van der Waals surface area contributed by atoms with E-state index in [1.165, 1.54) is 11.3 Å². The van der Waals surface area contributed by atoms with Crippen LogP contribution in [0.3, 0.4) is 0 Å². The second kappa shape index (κ2) is 8.95. The molecule has 0 radical (unpaired) electrons. The normalized spacial score (nSPS) is 11.7. The van der Waals surface area contributed by atoms with Crippen molar-refractivity contribution in [1.82, 2.24) is 20.8 Å². The molecular weight excluding hydrogens is 368 g/mol. The van der Waals surface area contributed by atoms with E-state index in [0.717, 1.165) is 11.1 Å². The molecule has 1 unspecified atom stereocenters. The molecule has 1 atom stereocenters. The number of hydrogen-bond acceptors (Lipinski definition) is 6. The molecule has 3 rings (SSSR count). The highest BCUT2D eigenvalue weighted by molar-refractivity contribution is 7.08. The fraction of sp³-hybridized carbons (Fsp3) is 0.222. The van der Waals surface area contributed by atoms with Gasteiger partial charge in [0.2, 0.25) is 11.7 Å². The lowest BCUT2D eigenvalue weighted by Gasteiger charge is -2.14. The number of carboxylic acid groups (broad SMARTS) is 1. The standard InChI is InChI=1S/C18H18N4O4S/c23-17(24)14(7-6-12-4-2-1-3-5-12)20-18(25)19-10-15-21-16(22-26-15)13-8-9-27-11-13/h1-5,8-9,11,14H,6-7,10H2,(H,23,24)(H2,19,20,25). The Labute approximate surface area is 159 Å². The predicted molar refractivity (Wildman–Crippen MR) is 99.2 cm³/mol. The zero-order chi connectivity index (χ0) is 19.1. The van der Waals surface area contributed by atoms with E-state index in [1.54, 1.807) is 0 Å². The minimum atomic E-state index is -1.08. The molecule has 3 aromatic rings. The van der Waals surface area contributed by atoms with Crippen molar-refractivity contribution in [3.05, 3.63) is 58.6 Å². The summed E-state index contributed by atoms with van der Waals surface area (Å²) < 4.78 is 5.08. The van der Waals surface area contributed by atoms with Crippen LogP contribution in [0.1, 0.15) is 17.9 Å². The first kappa shape index (κ1) is 18.6. The van der Waals surface area contributed by atoms with Gasteiger partial charge in [0.25, 0.3) is 0 Å². The first-order chi connectivity index (χ1) is 13.1. The van der Waals surface area contributed by atoms with Gasteiger partial charge in [0.05, 0.1) is 6.54 Å². The average Bonchev–Trinajstić information content (AvgIpc) is 3.35. The number of hydrogen-bond donors (Lipinski definition) is 3. The van der Waals surface area contributed by atoms with Gasteiger partial charge in [0, 0.05) is 10.9 Å². The highest BCUT2D eigenvalue weighted by Crippen LogP contribution is 2.18. The van der Waals surface area contributed by atoms with Crippen LogP contribution in [0.2, 0.25) is 0 Å². The zero-order valence-corrected chi connectivity index (χ0v) is 15.1. The topological polar surface area (TPSA) is 117 Å². The number of nitrogens with zero attached hydrogens (tertiary/aromatic N) is 2. The lowest BCUT2D eigenvalue weighted by molar-refractivity contribution is -0.139. The highest BCUT2D eigenvalue weighted by Gasteiger charge is 2.20. The molecule has 8 nitrogen and oxygen atoms in total. The smallest absolute Gasteiger partial charge is 0.326 e. The Morgan fingerprint density at radius 1 is 1.22 bits per heavy atom. The van der Waals surface area contributed by atoms with Crippen LogP contribution in [0.5, 0.6) is 0 Å². The highest BCUT2D eigenvalue weighted by atomic mass is 32.1. The van der Waals surface area contributed by atoms with Gasteiger partial charge in [-0.2, -0.15) is 16.3 Å². The van der Waals surface area contributed by atoms with Gasteiger partial charge in [-0.05, 0) is 29.9 Å². The van der Waals surface area contributed by atoms with Gasteiger partial charge in [-0.3, -0.25) is 0 Å². The molecule has 140 valence electrons. The van der Waals surface area contributed by atoms with Gasteiger partial charge in [-0.15, -0.1) is 0 Å². The number of carbonyl (C=O) groups is 2. The van der Waals surface area contributed by atoms with Crippen molar-refractivity contribution < 1.29 is 19.2 Å². The van der Waals surface area contributed by atoms with Crippen molar-refractivity contribution in [3.8, 4) is 11.4 Å². The van der Waals surface area contributed by atoms with E-state index in [2.05, 4.69) is 20.8 Å². The van der Waals surface area contributed by atoms with Crippen LogP contribution in [0, 0.1) is 0 Å². The van der Waals surface area contributed by atoms with E-state index < -0.39 is 18.0 Å². The molecule has 0 bridgehead atoms. The fourth-order valence-electron chi connectivity index (χ4n) is 2.41. The Morgan fingerprint density at radius 2 is 2.04 bits per heavy atom. The minimum absolute atomic E-state index is 0.00793. The number of aromatic nitrogens is 2. The molecule has 0 spiro atoms. The second-order valence-electron chi connectivity index (χ2n) is 5.77. The summed E-state index contributed by atoms with van der Waals surface area (Å²) in [7, 11) is 0. The quantitative estimate of drug-likeness (QED) is 0.548. The molecule has 2 aromatic heterocycles. The van der Waals surface area contributed by atoms with Gasteiger partial charge in [0.15, 0.2) is 0 Å². The third-order valence-corrected chi connectivity index (χ3v) is 4.50. The van der Waals surface area contributed by atoms with Crippen LogP contribution in [0.25, 0.3) is 11.4 Å². The molecule has 27 heavy (non-hydrogen) atoms. The lowest BCUT2D eigenvalue weighted by atomic mass is 10.1. The van der Waals surface area contributed by atoms with Crippen molar-refractivity contribution in [2.75, 3.05) is 0 Å². The molecule has 2 heterocycles. The Hall–Kier alpha value is -3.20. The third-order valence-electron chi connectivity index (χ3n) is 3.82. The average molecular weight is 386 g/mol. The SMILES string of the molecule is O=C(NCc1nc(-c2ccsc2)no1)NC(CCc1ccccc1)C(=O)O. The van der Waals surface area contributed by atoms with Crippen LogP contribution >= 0.6 is 11.3 Å². The van der Waals surface area contributed by atoms with Crippen molar-refractivity contribution in [3.63, 3.8) is 0 Å². The van der Waals surface area contributed by atoms with Crippen molar-refractivity contribution in [2.24, 2.45) is 0 Å². The molecule has 9 heteroatoms. The lowest BCUT2D eigenvalue weighted by Crippen LogP contribution is -2.46. The Morgan fingerprint density at radius 3 is 2.74 bits per heavy atom. The number of benzene rings is 1. The summed E-state index contributed by atoms with van der Waals surface area (Å²) in [6.07, 6.45) is 0.835. The van der Waals surface area contributed by atoms with Gasteiger partial charge in [0.1, 0.15) is 6.04 Å². The van der Waals surface area contributed by atoms with Gasteiger partial charge in [-0.25, -0.2) is 9.59 Å². The van der Waals surface area contributed by atoms with E-state index in [4.69, 9.17) is 4.52 Å². The largest absolute Gasteiger partial charge is 0.480 e. The van der Waals surface area contributed by atoms with E-state index >= 15 is 0 Å². The van der Waals surface area contributed by atoms with Crippen LogP contribution in [-0.4, -0.2) is 33.3 Å². The number of carbonyl (C=O) groups excluding carboxylic acids is 1. The van der Waals surface area contributed by atoms with Crippen LogP contribution in [0.15, 0.2) is 51.7 Å². The number of nitrogens with one attached hydrogen (secondary N) is 2. The summed E-state index contributed by atoms with van der Waals surface area (Å²) >= 11 is 1.52. The van der Waals surface area contributed by atoms with Crippen LogP contribution < -0.4 is 10.6 Å². The Bertz CT molecular complexity index is 880. The summed E-state index contributed by atoms with van der Waals surface area (Å²) in [5, 5.41) is 21.9. The molecule has 2 amide bonds. The first-order valence-electron chi connectivity index (χ1n) is 8.28. The van der Waals surface area contributed by atoms with E-state index in [-0.39, 0.29) is 18.9 Å². The van der Waals surface area contributed by atoms with E-state index in [1.807, 2.05) is 47.2 Å². The zero-order valence-electron chi connectivity index (χ0n) is 14.3. The number of rotatable bonds is 8. The number of carboxylic acids is 1. The summed E-state index contributed by atoms with van der Waals surface area (Å²) in [6.45, 7) is 0.00793. The Kier molecular flexibility index (Phi) is 6.16. The molecular formula is C18H18N4O4S. The fourth-order valence-corrected chi connectivity index (χ4v) is 3.05. The molecule has 0 aliphatic carbocycles. The summed E-state index contributed by atoms with van der Waals surface area (Å²) in [6, 6.07) is 9.77. The van der Waals surface area contributed by atoms with Crippen LogP contribution in [0.4, 0.5) is 4.79 Å². The molecule has 0 aliphatic heterocycles. The number of aryl methyl sites for hydroxylation is 1. The summed E-state index contributed by atoms with van der Waals surface area (Å²) in [5.41, 5.74) is 1.85. The second-order valence-corrected chi connectivity index (χ2v) is 6.55. The number of urea groups is 1. The van der Waals surface area contributed by atoms with Crippen molar-refractivity contribution >= 4 is 23.3 Å². The van der Waals surface area contributed by atoms with Crippen molar-refractivity contribution in [1.29, 1.82) is 0 Å². The molecule has 0 saturated heterocycles. The number of aliphatic carboxylic acids is 1. The maximum Gasteiger partial charge on any atom is 0.326 e. The maximum absolute atomic E-state index is 12.0. The van der Waals surface area contributed by atoms with Gasteiger partial charge < -0.3 is 20.3 Å². The molecule has 0 fully saturated rings. The summed E-state index contributed by atoms with van der Waals surface area (Å²) in [4.78, 5) is 27.6. The molecule has 0 aliphatic rings. The molecule has 3 N–H and O–H groups in total. The molecule has 0 saturated carbocycles. The minimum Gasteiger partial charge on any atom is -0.480 e. The van der Waals surface area contributed by atoms with E-state index in [0.29, 0.717) is 12.2 Å². The van der Waals surface area contributed by atoms with Crippen LogP contribution in [-0.2, 0) is 17.8 Å². The molecule has 1 aromatic carbocycles. The van der Waals surface area contributed by atoms with Gasteiger partial charge in [-0.1, -0.05) is 35.5 Å². The monoisotopic (exact) mass is 386 g/mol. The predicted octanol–water partition coefficient (Wildman–Crippen LogP) is 2.68. The third kappa shape index (κ3) is 5.38. The number of amides is 2. The van der Waals surface area contributed by atoms with Crippen molar-refractivity contribution in [2.45, 2.75) is 25.4 Å². The Balaban J connectivity index is 1.48. The maximum atomic E-state index is 12.0. The van der Waals surface area contributed by atoms with E-state index in [9.17, 15) is 14.7 Å². The van der Waals surface area contributed by atoms with Gasteiger partial charge >= 0.3 is 12.0 Å². The number of thiophene rings is 1. The first-order valence-corrected chi connectivity index (χ1v) is 9.22.